The van der Waals surface area contributed by atoms with E-state index in [1.165, 1.54) is 11.3 Å². The lowest BCUT2D eigenvalue weighted by Gasteiger charge is -2.20. The van der Waals surface area contributed by atoms with Crippen LogP contribution in [0.3, 0.4) is 0 Å². The highest BCUT2D eigenvalue weighted by atomic mass is 35.5. The van der Waals surface area contributed by atoms with Crippen molar-refractivity contribution in [1.29, 1.82) is 5.26 Å². The number of amides is 1. The Morgan fingerprint density at radius 3 is 2.45 bits per heavy atom. The number of thiophene rings is 1. The average molecular weight is 547 g/mol. The zero-order valence-corrected chi connectivity index (χ0v) is 22.8. The zero-order chi connectivity index (χ0) is 27.1. The first-order valence-electron chi connectivity index (χ1n) is 11.8. The molecular formula is C29H27ClN4O3S. The molecule has 0 aliphatic carbocycles. The number of methoxy groups -OCH3 is 1. The van der Waals surface area contributed by atoms with Gasteiger partial charge in [0.2, 0.25) is 0 Å². The van der Waals surface area contributed by atoms with Crippen LogP contribution in [0.4, 0.5) is 17.1 Å². The van der Waals surface area contributed by atoms with E-state index in [1.807, 2.05) is 54.4 Å². The van der Waals surface area contributed by atoms with Crippen LogP contribution in [0.5, 0.6) is 11.5 Å². The minimum Gasteiger partial charge on any atom is -0.493 e. The number of nitriles is 1. The fourth-order valence-corrected chi connectivity index (χ4v) is 4.96. The van der Waals surface area contributed by atoms with Gasteiger partial charge in [-0.1, -0.05) is 23.7 Å². The van der Waals surface area contributed by atoms with Crippen molar-refractivity contribution in [3.8, 4) is 28.0 Å². The molecule has 7 nitrogen and oxygen atoms in total. The number of hydrogen-bond acceptors (Lipinski definition) is 7. The predicted molar refractivity (Wildman–Crippen MR) is 155 cm³/mol. The highest BCUT2D eigenvalue weighted by Gasteiger charge is 2.18. The molecule has 4 aromatic rings. The van der Waals surface area contributed by atoms with E-state index in [4.69, 9.17) is 26.3 Å². The number of nitrogens with one attached hydrogen (secondary N) is 2. The molecule has 1 heterocycles. The molecule has 0 saturated heterocycles. The summed E-state index contributed by atoms with van der Waals surface area (Å²) >= 11 is 7.42. The van der Waals surface area contributed by atoms with E-state index < -0.39 is 0 Å². The number of ether oxygens (including phenoxy) is 2. The van der Waals surface area contributed by atoms with Crippen LogP contribution in [-0.2, 0) is 0 Å². The number of anilines is 3. The van der Waals surface area contributed by atoms with Crippen molar-refractivity contribution >= 4 is 45.9 Å². The molecule has 0 bridgehead atoms. The number of benzene rings is 3. The van der Waals surface area contributed by atoms with Crippen molar-refractivity contribution < 1.29 is 14.3 Å². The third-order valence-electron chi connectivity index (χ3n) is 5.88. The maximum atomic E-state index is 13.1. The molecule has 2 N–H and O–H groups in total. The lowest BCUT2D eigenvalue weighted by atomic mass is 10.2. The van der Waals surface area contributed by atoms with E-state index in [9.17, 15) is 4.79 Å². The van der Waals surface area contributed by atoms with E-state index in [0.29, 0.717) is 45.8 Å². The molecule has 194 valence electrons. The van der Waals surface area contributed by atoms with Crippen LogP contribution in [0.2, 0.25) is 5.02 Å². The van der Waals surface area contributed by atoms with Crippen molar-refractivity contribution in [2.75, 3.05) is 49.9 Å². The molecular weight excluding hydrogens is 520 g/mol. The van der Waals surface area contributed by atoms with Crippen LogP contribution in [0, 0.1) is 11.3 Å². The van der Waals surface area contributed by atoms with Gasteiger partial charge in [-0.2, -0.15) is 5.26 Å². The van der Waals surface area contributed by atoms with E-state index in [0.717, 1.165) is 21.8 Å². The molecule has 0 unspecified atom stereocenters. The van der Waals surface area contributed by atoms with Crippen molar-refractivity contribution in [3.05, 3.63) is 88.3 Å². The minimum atomic E-state index is -0.223. The first-order valence-corrected chi connectivity index (χ1v) is 13.0. The molecule has 9 heteroatoms. The number of carbonyl (C=O) groups is 1. The third kappa shape index (κ3) is 6.38. The number of rotatable bonds is 10. The van der Waals surface area contributed by atoms with Crippen molar-refractivity contribution in [1.82, 2.24) is 0 Å². The fourth-order valence-electron chi connectivity index (χ4n) is 3.77. The van der Waals surface area contributed by atoms with Gasteiger partial charge in [-0.3, -0.25) is 4.79 Å². The Morgan fingerprint density at radius 2 is 1.79 bits per heavy atom. The Morgan fingerprint density at radius 1 is 1.05 bits per heavy atom. The van der Waals surface area contributed by atoms with E-state index in [1.54, 1.807) is 44.5 Å². The number of hydrogen-bond donors (Lipinski definition) is 2. The van der Waals surface area contributed by atoms with Gasteiger partial charge in [0.05, 0.1) is 31.0 Å². The first-order chi connectivity index (χ1) is 18.4. The number of halogens is 1. The monoisotopic (exact) mass is 546 g/mol. The summed E-state index contributed by atoms with van der Waals surface area (Å²) in [5.74, 6) is 0.876. The van der Waals surface area contributed by atoms with E-state index in [2.05, 4.69) is 16.7 Å². The highest BCUT2D eigenvalue weighted by Crippen LogP contribution is 2.36. The number of likely N-dealkylation sites (N-methyl/N-ethyl adjacent to an activating group) is 1. The summed E-state index contributed by atoms with van der Waals surface area (Å²) in [5.41, 5.74) is 3.95. The quantitative estimate of drug-likeness (QED) is 0.228. The van der Waals surface area contributed by atoms with Gasteiger partial charge in [-0.15, -0.1) is 11.3 Å². The van der Waals surface area contributed by atoms with Crippen LogP contribution < -0.4 is 25.0 Å². The Bertz CT molecular complexity index is 1450. The van der Waals surface area contributed by atoms with Gasteiger partial charge >= 0.3 is 0 Å². The molecule has 0 saturated carbocycles. The molecule has 4 rings (SSSR count). The first kappa shape index (κ1) is 26.9. The Kier molecular flexibility index (Phi) is 8.74. The van der Waals surface area contributed by atoms with E-state index in [-0.39, 0.29) is 5.91 Å². The normalized spacial score (nSPS) is 10.4. The molecule has 0 aliphatic rings. The van der Waals surface area contributed by atoms with Crippen LogP contribution in [-0.4, -0.2) is 40.3 Å². The minimum absolute atomic E-state index is 0.223. The van der Waals surface area contributed by atoms with Gasteiger partial charge in [-0.05, 0) is 60.2 Å². The molecule has 1 aromatic heterocycles. The second-order valence-electron chi connectivity index (χ2n) is 8.36. The van der Waals surface area contributed by atoms with Crippen molar-refractivity contribution in [3.63, 3.8) is 0 Å². The molecule has 0 radical (unpaired) electrons. The molecule has 0 spiro atoms. The molecule has 0 fully saturated rings. The lowest BCUT2D eigenvalue weighted by molar-refractivity contribution is 0.103. The molecule has 38 heavy (non-hydrogen) atoms. The molecule has 0 atom stereocenters. The topological polar surface area (TPSA) is 86.6 Å². The standard InChI is InChI=1S/C29H27ClN4O3S/c1-32-24-17-27(20-6-8-21(30)9-7-20)38-28(24)29(35)33-22-10-13-25(26(16-22)36-3)37-15-14-34(2)23-11-4-19(18-31)5-12-23/h4-13,16-17,32H,14-15H2,1-3H3,(H,33,35). The van der Waals surface area contributed by atoms with Gasteiger partial charge in [0, 0.05) is 41.4 Å². The van der Waals surface area contributed by atoms with Gasteiger partial charge in [-0.25, -0.2) is 0 Å². The van der Waals surface area contributed by atoms with Crippen LogP contribution >= 0.6 is 22.9 Å². The van der Waals surface area contributed by atoms with Gasteiger partial charge in [0.25, 0.3) is 5.91 Å². The Balaban J connectivity index is 1.40. The molecule has 3 aromatic carbocycles. The smallest absolute Gasteiger partial charge is 0.267 e. The SMILES string of the molecule is CNc1cc(-c2ccc(Cl)cc2)sc1C(=O)Nc1ccc(OCCN(C)c2ccc(C#N)cc2)c(OC)c1. The van der Waals surface area contributed by atoms with Crippen LogP contribution in [0.15, 0.2) is 72.8 Å². The predicted octanol–water partition coefficient (Wildman–Crippen LogP) is 6.76. The summed E-state index contributed by atoms with van der Waals surface area (Å²) in [6.45, 7) is 1.06. The summed E-state index contributed by atoms with van der Waals surface area (Å²) in [7, 11) is 5.31. The lowest BCUT2D eigenvalue weighted by Crippen LogP contribution is -2.23. The maximum Gasteiger partial charge on any atom is 0.267 e. The third-order valence-corrected chi connectivity index (χ3v) is 7.31. The second kappa shape index (κ2) is 12.4. The van der Waals surface area contributed by atoms with Crippen LogP contribution in [0.1, 0.15) is 15.2 Å². The Labute approximate surface area is 231 Å². The summed E-state index contributed by atoms with van der Waals surface area (Å²) < 4.78 is 11.5. The van der Waals surface area contributed by atoms with E-state index >= 15 is 0 Å². The Hall–Kier alpha value is -4.19. The summed E-state index contributed by atoms with van der Waals surface area (Å²) in [5, 5.41) is 15.7. The van der Waals surface area contributed by atoms with Gasteiger partial charge < -0.3 is 25.0 Å². The van der Waals surface area contributed by atoms with Crippen molar-refractivity contribution in [2.45, 2.75) is 0 Å². The van der Waals surface area contributed by atoms with Gasteiger partial charge in [0.15, 0.2) is 11.5 Å². The summed E-state index contributed by atoms with van der Waals surface area (Å²) in [6.07, 6.45) is 0. The maximum absolute atomic E-state index is 13.1. The summed E-state index contributed by atoms with van der Waals surface area (Å²) in [4.78, 5) is 16.7. The fraction of sp³-hybridized carbons (Fsp3) is 0.172. The number of carbonyl (C=O) groups excluding carboxylic acids is 1. The van der Waals surface area contributed by atoms with Gasteiger partial charge in [0.1, 0.15) is 11.5 Å². The summed E-state index contributed by atoms with van der Waals surface area (Å²) in [6, 6.07) is 24.3. The largest absolute Gasteiger partial charge is 0.493 e. The zero-order valence-electron chi connectivity index (χ0n) is 21.2. The molecule has 0 aliphatic heterocycles. The van der Waals surface area contributed by atoms with Crippen molar-refractivity contribution in [2.24, 2.45) is 0 Å². The molecule has 1 amide bonds. The average Bonchev–Trinajstić information content (AvgIpc) is 3.39. The highest BCUT2D eigenvalue weighted by molar-refractivity contribution is 7.18. The number of nitrogens with zero attached hydrogens (tertiary/aromatic N) is 2. The second-order valence-corrected chi connectivity index (χ2v) is 9.85. The van der Waals surface area contributed by atoms with Crippen LogP contribution in [0.25, 0.3) is 10.4 Å².